The Bertz CT molecular complexity index is 755. The van der Waals surface area contributed by atoms with Crippen LogP contribution in [0, 0.1) is 0 Å². The second-order valence-corrected chi connectivity index (χ2v) is 5.11. The van der Waals surface area contributed by atoms with Gasteiger partial charge in [0.2, 0.25) is 0 Å². The van der Waals surface area contributed by atoms with E-state index < -0.39 is 0 Å². The van der Waals surface area contributed by atoms with Crippen molar-refractivity contribution in [2.45, 2.75) is 13.0 Å². The van der Waals surface area contributed by atoms with E-state index in [-0.39, 0.29) is 5.91 Å². The number of rotatable bonds is 6. The van der Waals surface area contributed by atoms with E-state index in [2.05, 4.69) is 20.6 Å². The number of pyridine rings is 1. The van der Waals surface area contributed by atoms with E-state index in [1.54, 1.807) is 17.1 Å². The fourth-order valence-corrected chi connectivity index (χ4v) is 2.19. The van der Waals surface area contributed by atoms with Gasteiger partial charge in [0.1, 0.15) is 0 Å². The van der Waals surface area contributed by atoms with Gasteiger partial charge in [-0.05, 0) is 17.7 Å². The molecule has 0 atom stereocenters. The lowest BCUT2D eigenvalue weighted by Gasteiger charge is -2.02. The Morgan fingerprint density at radius 3 is 2.70 bits per heavy atom. The van der Waals surface area contributed by atoms with E-state index in [1.165, 1.54) is 0 Å². The van der Waals surface area contributed by atoms with Crippen LogP contribution in [0.25, 0.3) is 0 Å². The highest BCUT2D eigenvalue weighted by Gasteiger charge is 2.10. The quantitative estimate of drug-likeness (QED) is 0.752. The maximum absolute atomic E-state index is 12.1. The third kappa shape index (κ3) is 4.23. The normalized spacial score (nSPS) is 10.4. The molecule has 0 unspecified atom stereocenters. The van der Waals surface area contributed by atoms with Gasteiger partial charge in [0.15, 0.2) is 5.69 Å². The molecule has 3 aromatic rings. The molecule has 1 N–H and O–H groups in total. The van der Waals surface area contributed by atoms with Gasteiger partial charge in [-0.2, -0.15) is 0 Å². The van der Waals surface area contributed by atoms with Crippen molar-refractivity contribution >= 4 is 5.91 Å². The van der Waals surface area contributed by atoms with Crippen LogP contribution in [0.15, 0.2) is 60.9 Å². The van der Waals surface area contributed by atoms with Gasteiger partial charge in [0, 0.05) is 24.9 Å². The predicted molar refractivity (Wildman–Crippen MR) is 85.8 cm³/mol. The number of carbonyl (C=O) groups is 1. The van der Waals surface area contributed by atoms with Crippen molar-refractivity contribution in [3.8, 4) is 0 Å². The molecule has 0 spiro atoms. The fraction of sp³-hybridized carbons (Fsp3) is 0.176. The topological polar surface area (TPSA) is 72.7 Å². The van der Waals surface area contributed by atoms with Crippen LogP contribution in [-0.4, -0.2) is 32.4 Å². The van der Waals surface area contributed by atoms with Crippen molar-refractivity contribution in [3.05, 3.63) is 77.9 Å². The largest absolute Gasteiger partial charge is 0.350 e. The zero-order valence-electron chi connectivity index (χ0n) is 12.6. The lowest BCUT2D eigenvalue weighted by Crippen LogP contribution is -2.26. The van der Waals surface area contributed by atoms with E-state index >= 15 is 0 Å². The van der Waals surface area contributed by atoms with Crippen molar-refractivity contribution in [3.63, 3.8) is 0 Å². The standard InChI is InChI=1S/C17H17N5O/c23-17(19-11-9-15-8-4-5-10-18-15)16-13-22(21-20-16)12-14-6-2-1-3-7-14/h1-8,10,13H,9,11-12H2,(H,19,23). The van der Waals surface area contributed by atoms with Crippen LogP contribution in [0.3, 0.4) is 0 Å². The summed E-state index contributed by atoms with van der Waals surface area (Å²) >= 11 is 0. The van der Waals surface area contributed by atoms with Gasteiger partial charge in [-0.3, -0.25) is 9.78 Å². The average molecular weight is 307 g/mol. The predicted octanol–water partition coefficient (Wildman–Crippen LogP) is 1.69. The number of nitrogens with one attached hydrogen (secondary N) is 1. The zero-order valence-corrected chi connectivity index (χ0v) is 12.6. The SMILES string of the molecule is O=C(NCCc1ccccn1)c1cn(Cc2ccccc2)nn1. The molecular weight excluding hydrogens is 290 g/mol. The number of nitrogens with zero attached hydrogens (tertiary/aromatic N) is 4. The molecule has 23 heavy (non-hydrogen) atoms. The Morgan fingerprint density at radius 2 is 1.91 bits per heavy atom. The molecule has 0 saturated carbocycles. The number of carbonyl (C=O) groups excluding carboxylic acids is 1. The minimum absolute atomic E-state index is 0.222. The van der Waals surface area contributed by atoms with E-state index in [9.17, 15) is 4.79 Å². The number of amides is 1. The highest BCUT2D eigenvalue weighted by Crippen LogP contribution is 2.02. The molecule has 1 aromatic carbocycles. The monoisotopic (exact) mass is 307 g/mol. The first-order chi connectivity index (χ1) is 11.3. The summed E-state index contributed by atoms with van der Waals surface area (Å²) in [5.74, 6) is -0.222. The maximum Gasteiger partial charge on any atom is 0.273 e. The van der Waals surface area contributed by atoms with Gasteiger partial charge < -0.3 is 5.32 Å². The summed E-state index contributed by atoms with van der Waals surface area (Å²) in [6.07, 6.45) is 4.08. The van der Waals surface area contributed by atoms with Crippen LogP contribution in [-0.2, 0) is 13.0 Å². The minimum Gasteiger partial charge on any atom is -0.350 e. The van der Waals surface area contributed by atoms with Crippen molar-refractivity contribution in [2.24, 2.45) is 0 Å². The van der Waals surface area contributed by atoms with Crippen LogP contribution in [0.4, 0.5) is 0 Å². The summed E-state index contributed by atoms with van der Waals surface area (Å²) in [6, 6.07) is 15.7. The second kappa shape index (κ2) is 7.31. The van der Waals surface area contributed by atoms with Crippen LogP contribution in [0.5, 0.6) is 0 Å². The third-order valence-electron chi connectivity index (χ3n) is 3.35. The van der Waals surface area contributed by atoms with Crippen LogP contribution < -0.4 is 5.32 Å². The Hall–Kier alpha value is -3.02. The molecule has 0 saturated heterocycles. The second-order valence-electron chi connectivity index (χ2n) is 5.11. The maximum atomic E-state index is 12.1. The number of hydrogen-bond donors (Lipinski definition) is 1. The lowest BCUT2D eigenvalue weighted by molar-refractivity contribution is 0.0949. The summed E-state index contributed by atoms with van der Waals surface area (Å²) in [7, 11) is 0. The van der Waals surface area contributed by atoms with Gasteiger partial charge >= 0.3 is 0 Å². The number of hydrogen-bond acceptors (Lipinski definition) is 4. The Labute approximate surface area is 134 Å². The molecule has 0 aliphatic heterocycles. The highest BCUT2D eigenvalue weighted by molar-refractivity contribution is 5.91. The molecule has 3 rings (SSSR count). The average Bonchev–Trinajstić information content (AvgIpc) is 3.05. The summed E-state index contributed by atoms with van der Waals surface area (Å²) in [5, 5.41) is 10.7. The van der Waals surface area contributed by atoms with Gasteiger partial charge in [0.25, 0.3) is 5.91 Å². The first-order valence-electron chi connectivity index (χ1n) is 7.43. The molecule has 2 heterocycles. The molecule has 0 bridgehead atoms. The summed E-state index contributed by atoms with van der Waals surface area (Å²) in [6.45, 7) is 1.11. The number of aromatic nitrogens is 4. The summed E-state index contributed by atoms with van der Waals surface area (Å²) < 4.78 is 1.66. The van der Waals surface area contributed by atoms with Crippen LogP contribution in [0.2, 0.25) is 0 Å². The number of benzene rings is 1. The molecule has 116 valence electrons. The van der Waals surface area contributed by atoms with Crippen molar-refractivity contribution < 1.29 is 4.79 Å². The summed E-state index contributed by atoms with van der Waals surface area (Å²) in [4.78, 5) is 16.3. The van der Waals surface area contributed by atoms with Crippen LogP contribution >= 0.6 is 0 Å². The molecule has 0 fully saturated rings. The molecule has 1 amide bonds. The summed E-state index contributed by atoms with van der Waals surface area (Å²) in [5.41, 5.74) is 2.38. The van der Waals surface area contributed by atoms with E-state index in [1.807, 2.05) is 48.5 Å². The molecule has 6 heteroatoms. The van der Waals surface area contributed by atoms with Crippen molar-refractivity contribution in [1.29, 1.82) is 0 Å². The van der Waals surface area contributed by atoms with Gasteiger partial charge in [0.05, 0.1) is 12.7 Å². The molecular formula is C17H17N5O. The van der Waals surface area contributed by atoms with Gasteiger partial charge in [-0.1, -0.05) is 41.6 Å². The van der Waals surface area contributed by atoms with Crippen molar-refractivity contribution in [1.82, 2.24) is 25.3 Å². The van der Waals surface area contributed by atoms with E-state index in [4.69, 9.17) is 0 Å². The van der Waals surface area contributed by atoms with Gasteiger partial charge in [-0.25, -0.2) is 4.68 Å². The van der Waals surface area contributed by atoms with E-state index in [0.29, 0.717) is 25.2 Å². The molecule has 0 aliphatic rings. The lowest BCUT2D eigenvalue weighted by atomic mass is 10.2. The molecule has 0 radical (unpaired) electrons. The third-order valence-corrected chi connectivity index (χ3v) is 3.35. The Kier molecular flexibility index (Phi) is 4.73. The fourth-order valence-electron chi connectivity index (χ4n) is 2.19. The highest BCUT2D eigenvalue weighted by atomic mass is 16.2. The van der Waals surface area contributed by atoms with Crippen molar-refractivity contribution in [2.75, 3.05) is 6.54 Å². The van der Waals surface area contributed by atoms with E-state index in [0.717, 1.165) is 11.3 Å². The smallest absolute Gasteiger partial charge is 0.273 e. The molecule has 2 aromatic heterocycles. The first-order valence-corrected chi connectivity index (χ1v) is 7.43. The molecule has 0 aliphatic carbocycles. The van der Waals surface area contributed by atoms with Gasteiger partial charge in [-0.15, -0.1) is 5.10 Å². The Morgan fingerprint density at radius 1 is 1.09 bits per heavy atom. The first kappa shape index (κ1) is 14.9. The minimum atomic E-state index is -0.222. The Balaban J connectivity index is 1.52. The van der Waals surface area contributed by atoms with Crippen LogP contribution in [0.1, 0.15) is 21.7 Å². The molecule has 6 nitrogen and oxygen atoms in total. The zero-order chi connectivity index (χ0) is 15.9.